The number of hydrogen-bond donors (Lipinski definition) is 1. The number of rotatable bonds is 7. The number of likely N-dealkylation sites (N-methyl/N-ethyl adjacent to an activating group) is 1. The summed E-state index contributed by atoms with van der Waals surface area (Å²) in [6.07, 6.45) is 5.94. The van der Waals surface area contributed by atoms with Crippen LogP contribution < -0.4 is 5.32 Å². The minimum absolute atomic E-state index is 0.255. The summed E-state index contributed by atoms with van der Waals surface area (Å²) in [5.74, 6) is 0.0559. The van der Waals surface area contributed by atoms with Gasteiger partial charge in [0.05, 0.1) is 0 Å². The number of thioether (sulfide) groups is 1. The number of nitrogens with one attached hydrogen (secondary N) is 1. The van der Waals surface area contributed by atoms with Gasteiger partial charge in [0, 0.05) is 23.1 Å². The Bertz CT molecular complexity index is 419. The van der Waals surface area contributed by atoms with Crippen LogP contribution in [0.25, 0.3) is 0 Å². The van der Waals surface area contributed by atoms with E-state index in [1.807, 2.05) is 11.8 Å². The maximum atomic E-state index is 13.7. The molecule has 2 rings (SSSR count). The van der Waals surface area contributed by atoms with Crippen LogP contribution in [0, 0.1) is 11.6 Å². The summed E-state index contributed by atoms with van der Waals surface area (Å²) in [7, 11) is 0. The Kier molecular flexibility index (Phi) is 6.30. The molecule has 1 aromatic carbocycles. The Labute approximate surface area is 124 Å². The highest BCUT2D eigenvalue weighted by molar-refractivity contribution is 7.99. The molecular formula is C16H23F2NS. The van der Waals surface area contributed by atoms with Crippen LogP contribution in [-0.4, -0.2) is 23.6 Å². The molecule has 0 aliphatic heterocycles. The van der Waals surface area contributed by atoms with E-state index >= 15 is 0 Å². The molecule has 0 saturated heterocycles. The highest BCUT2D eigenvalue weighted by atomic mass is 32.2. The SMILES string of the molecule is CCNC(CSC1CCCC1)Cc1ccc(F)cc1F. The molecule has 112 valence electrons. The molecule has 0 heterocycles. The Hall–Kier alpha value is -0.610. The third-order valence-corrected chi connectivity index (χ3v) is 5.35. The van der Waals surface area contributed by atoms with E-state index in [1.54, 1.807) is 6.07 Å². The smallest absolute Gasteiger partial charge is 0.129 e. The number of hydrogen-bond acceptors (Lipinski definition) is 2. The zero-order valence-corrected chi connectivity index (χ0v) is 12.8. The second kappa shape index (κ2) is 7.99. The predicted molar refractivity (Wildman–Crippen MR) is 82.2 cm³/mol. The van der Waals surface area contributed by atoms with Gasteiger partial charge in [-0.2, -0.15) is 11.8 Å². The normalized spacial score (nSPS) is 17.6. The van der Waals surface area contributed by atoms with E-state index in [0.29, 0.717) is 12.0 Å². The highest BCUT2D eigenvalue weighted by Gasteiger charge is 2.18. The Balaban J connectivity index is 1.90. The van der Waals surface area contributed by atoms with Gasteiger partial charge in [0.1, 0.15) is 11.6 Å². The molecule has 0 aromatic heterocycles. The molecule has 1 aromatic rings. The van der Waals surface area contributed by atoms with E-state index in [2.05, 4.69) is 12.2 Å². The average molecular weight is 299 g/mol. The standard InChI is InChI=1S/C16H23F2NS/c1-2-19-14(11-20-15-5-3-4-6-15)9-12-7-8-13(17)10-16(12)18/h7-8,10,14-15,19H,2-6,9,11H2,1H3. The lowest BCUT2D eigenvalue weighted by Gasteiger charge is -2.20. The molecule has 1 aliphatic carbocycles. The summed E-state index contributed by atoms with van der Waals surface area (Å²) in [6.45, 7) is 2.94. The summed E-state index contributed by atoms with van der Waals surface area (Å²) in [4.78, 5) is 0. The lowest BCUT2D eigenvalue weighted by atomic mass is 10.1. The average Bonchev–Trinajstić information content (AvgIpc) is 2.92. The molecule has 1 nitrogen and oxygen atoms in total. The maximum absolute atomic E-state index is 13.7. The van der Waals surface area contributed by atoms with Gasteiger partial charge in [0.25, 0.3) is 0 Å². The van der Waals surface area contributed by atoms with Gasteiger partial charge in [0.15, 0.2) is 0 Å². The third kappa shape index (κ3) is 4.74. The first-order chi connectivity index (χ1) is 9.69. The van der Waals surface area contributed by atoms with E-state index < -0.39 is 11.6 Å². The first-order valence-corrected chi connectivity index (χ1v) is 8.53. The zero-order chi connectivity index (χ0) is 14.4. The molecule has 1 fully saturated rings. The zero-order valence-electron chi connectivity index (χ0n) is 12.0. The van der Waals surface area contributed by atoms with Crippen molar-refractivity contribution in [3.63, 3.8) is 0 Å². The highest BCUT2D eigenvalue weighted by Crippen LogP contribution is 2.30. The first-order valence-electron chi connectivity index (χ1n) is 7.48. The summed E-state index contributed by atoms with van der Waals surface area (Å²) in [5, 5.41) is 4.19. The molecule has 1 unspecified atom stereocenters. The van der Waals surface area contributed by atoms with Gasteiger partial charge in [-0.3, -0.25) is 0 Å². The maximum Gasteiger partial charge on any atom is 0.129 e. The van der Waals surface area contributed by atoms with Crippen LogP contribution in [0.4, 0.5) is 8.78 Å². The second-order valence-electron chi connectivity index (χ2n) is 5.43. The predicted octanol–water partition coefficient (Wildman–Crippen LogP) is 4.16. The van der Waals surface area contributed by atoms with Crippen molar-refractivity contribution in [2.45, 2.75) is 50.3 Å². The number of halogens is 2. The Morgan fingerprint density at radius 3 is 2.70 bits per heavy atom. The van der Waals surface area contributed by atoms with E-state index in [9.17, 15) is 8.78 Å². The van der Waals surface area contributed by atoms with Crippen molar-refractivity contribution >= 4 is 11.8 Å². The van der Waals surface area contributed by atoms with Gasteiger partial charge in [0.2, 0.25) is 0 Å². The van der Waals surface area contributed by atoms with Crippen molar-refractivity contribution in [2.24, 2.45) is 0 Å². The van der Waals surface area contributed by atoms with E-state index in [-0.39, 0.29) is 6.04 Å². The number of benzene rings is 1. The molecule has 0 spiro atoms. The van der Waals surface area contributed by atoms with Gasteiger partial charge in [-0.15, -0.1) is 0 Å². The van der Waals surface area contributed by atoms with E-state index in [1.165, 1.54) is 31.7 Å². The molecule has 1 saturated carbocycles. The van der Waals surface area contributed by atoms with Crippen molar-refractivity contribution in [3.05, 3.63) is 35.4 Å². The van der Waals surface area contributed by atoms with E-state index in [4.69, 9.17) is 0 Å². The Morgan fingerprint density at radius 2 is 2.05 bits per heavy atom. The van der Waals surface area contributed by atoms with Crippen molar-refractivity contribution < 1.29 is 8.78 Å². The fraction of sp³-hybridized carbons (Fsp3) is 0.625. The summed E-state index contributed by atoms with van der Waals surface area (Å²) in [6, 6.07) is 4.13. The van der Waals surface area contributed by atoms with Crippen LogP contribution in [0.15, 0.2) is 18.2 Å². The molecule has 1 N–H and O–H groups in total. The van der Waals surface area contributed by atoms with Gasteiger partial charge in [-0.1, -0.05) is 25.8 Å². The monoisotopic (exact) mass is 299 g/mol. The molecule has 4 heteroatoms. The van der Waals surface area contributed by atoms with Crippen molar-refractivity contribution in [1.29, 1.82) is 0 Å². The van der Waals surface area contributed by atoms with Gasteiger partial charge in [-0.25, -0.2) is 8.78 Å². The third-order valence-electron chi connectivity index (χ3n) is 3.81. The molecule has 1 atom stereocenters. The molecule has 1 aliphatic rings. The minimum Gasteiger partial charge on any atom is -0.313 e. The second-order valence-corrected chi connectivity index (χ2v) is 6.77. The fourth-order valence-corrected chi connectivity index (χ4v) is 4.15. The molecule has 20 heavy (non-hydrogen) atoms. The van der Waals surface area contributed by atoms with Crippen molar-refractivity contribution in [2.75, 3.05) is 12.3 Å². The van der Waals surface area contributed by atoms with Crippen LogP contribution in [0.2, 0.25) is 0 Å². The van der Waals surface area contributed by atoms with Gasteiger partial charge in [-0.05, 0) is 37.4 Å². The Morgan fingerprint density at radius 1 is 1.30 bits per heavy atom. The quantitative estimate of drug-likeness (QED) is 0.811. The lowest BCUT2D eigenvalue weighted by molar-refractivity contribution is 0.534. The van der Waals surface area contributed by atoms with Crippen molar-refractivity contribution in [3.8, 4) is 0 Å². The molecular weight excluding hydrogens is 276 g/mol. The molecule has 0 amide bonds. The minimum atomic E-state index is -0.508. The first kappa shape index (κ1) is 15.8. The van der Waals surface area contributed by atoms with E-state index in [0.717, 1.165) is 23.6 Å². The summed E-state index contributed by atoms with van der Waals surface area (Å²) < 4.78 is 26.6. The topological polar surface area (TPSA) is 12.0 Å². The summed E-state index contributed by atoms with van der Waals surface area (Å²) in [5.41, 5.74) is 0.601. The van der Waals surface area contributed by atoms with Crippen LogP contribution in [-0.2, 0) is 6.42 Å². The van der Waals surface area contributed by atoms with Crippen LogP contribution in [0.5, 0.6) is 0 Å². The van der Waals surface area contributed by atoms with Crippen LogP contribution in [0.1, 0.15) is 38.2 Å². The van der Waals surface area contributed by atoms with Gasteiger partial charge < -0.3 is 5.32 Å². The largest absolute Gasteiger partial charge is 0.313 e. The molecule has 0 radical (unpaired) electrons. The van der Waals surface area contributed by atoms with Crippen LogP contribution in [0.3, 0.4) is 0 Å². The fourth-order valence-electron chi connectivity index (χ4n) is 2.74. The molecule has 0 bridgehead atoms. The lowest BCUT2D eigenvalue weighted by Crippen LogP contribution is -2.34. The van der Waals surface area contributed by atoms with Crippen molar-refractivity contribution in [1.82, 2.24) is 5.32 Å². The summed E-state index contributed by atoms with van der Waals surface area (Å²) >= 11 is 2.00. The van der Waals surface area contributed by atoms with Crippen LogP contribution >= 0.6 is 11.8 Å². The van der Waals surface area contributed by atoms with Gasteiger partial charge >= 0.3 is 0 Å².